The van der Waals surface area contributed by atoms with Gasteiger partial charge in [-0.2, -0.15) is 5.10 Å². The molecule has 156 valence electrons. The van der Waals surface area contributed by atoms with Gasteiger partial charge in [0.05, 0.1) is 33.7 Å². The lowest BCUT2D eigenvalue weighted by atomic mass is 9.94. The molecule has 4 heterocycles. The molecular formula is C22H25ClN6O. The van der Waals surface area contributed by atoms with Gasteiger partial charge in [0, 0.05) is 17.7 Å². The number of nitrogens with zero attached hydrogens (tertiary/aromatic N) is 3. The van der Waals surface area contributed by atoms with Gasteiger partial charge in [-0.1, -0.05) is 6.07 Å². The minimum absolute atomic E-state index is 0. The fourth-order valence-corrected chi connectivity index (χ4v) is 4.26. The van der Waals surface area contributed by atoms with Crippen molar-refractivity contribution >= 4 is 40.3 Å². The summed E-state index contributed by atoms with van der Waals surface area (Å²) in [5, 5.41) is 12.6. The van der Waals surface area contributed by atoms with Crippen molar-refractivity contribution in [3.8, 4) is 0 Å². The summed E-state index contributed by atoms with van der Waals surface area (Å²) in [6, 6.07) is 11.7. The maximum absolute atomic E-state index is 12.5. The SMILES string of the molecule is Cc1ccc(Nc2cccc3nn4c(C5CCNCC5)cc(=O)[nH]c4c23)c(C)n1.Cl. The van der Waals surface area contributed by atoms with E-state index in [0.29, 0.717) is 5.92 Å². The van der Waals surface area contributed by atoms with Gasteiger partial charge in [-0.05, 0) is 64.0 Å². The summed E-state index contributed by atoms with van der Waals surface area (Å²) in [5.74, 6) is 0.329. The molecule has 1 saturated heterocycles. The van der Waals surface area contributed by atoms with Crippen LogP contribution in [0.25, 0.3) is 16.6 Å². The standard InChI is InChI=1S/C22H24N6O.ClH/c1-13-6-7-16(14(2)24-13)25-17-4-3-5-18-21(17)22-26-20(29)12-19(28(22)27-18)15-8-10-23-11-9-15;/h3-7,12,15,23,25H,8-11H2,1-2H3,(H,26,29);1H. The van der Waals surface area contributed by atoms with E-state index in [9.17, 15) is 4.79 Å². The average Bonchev–Trinajstić information content (AvgIpc) is 3.09. The molecule has 1 aliphatic heterocycles. The van der Waals surface area contributed by atoms with Crippen LogP contribution in [0.2, 0.25) is 0 Å². The average molecular weight is 425 g/mol. The van der Waals surface area contributed by atoms with Gasteiger partial charge < -0.3 is 15.6 Å². The summed E-state index contributed by atoms with van der Waals surface area (Å²) >= 11 is 0. The molecule has 0 bridgehead atoms. The number of anilines is 2. The highest BCUT2D eigenvalue weighted by atomic mass is 35.5. The van der Waals surface area contributed by atoms with Gasteiger partial charge in [0.25, 0.3) is 5.56 Å². The lowest BCUT2D eigenvalue weighted by Gasteiger charge is -2.23. The first-order valence-corrected chi connectivity index (χ1v) is 10.1. The maximum Gasteiger partial charge on any atom is 0.251 e. The summed E-state index contributed by atoms with van der Waals surface area (Å²) in [6.45, 7) is 5.90. The zero-order valence-electron chi connectivity index (χ0n) is 17.0. The Morgan fingerprint density at radius 3 is 2.67 bits per heavy atom. The second-order valence-electron chi connectivity index (χ2n) is 7.75. The highest BCUT2D eigenvalue weighted by molar-refractivity contribution is 6.03. The summed E-state index contributed by atoms with van der Waals surface area (Å²) < 4.78 is 1.92. The van der Waals surface area contributed by atoms with E-state index in [0.717, 1.165) is 70.9 Å². The van der Waals surface area contributed by atoms with E-state index in [-0.39, 0.29) is 18.0 Å². The van der Waals surface area contributed by atoms with Crippen molar-refractivity contribution in [2.75, 3.05) is 18.4 Å². The number of H-pyrrole nitrogens is 1. The van der Waals surface area contributed by atoms with Crippen molar-refractivity contribution in [2.24, 2.45) is 0 Å². The number of nitrogens with one attached hydrogen (secondary N) is 3. The van der Waals surface area contributed by atoms with Crippen LogP contribution in [0.1, 0.15) is 35.8 Å². The normalized spacial score (nSPS) is 14.7. The van der Waals surface area contributed by atoms with Gasteiger partial charge in [0.2, 0.25) is 0 Å². The van der Waals surface area contributed by atoms with Crippen molar-refractivity contribution in [2.45, 2.75) is 32.6 Å². The number of hydrogen-bond donors (Lipinski definition) is 3. The second-order valence-corrected chi connectivity index (χ2v) is 7.75. The predicted molar refractivity (Wildman–Crippen MR) is 122 cm³/mol. The van der Waals surface area contributed by atoms with Crippen LogP contribution < -0.4 is 16.2 Å². The first-order valence-electron chi connectivity index (χ1n) is 10.1. The molecule has 0 aliphatic carbocycles. The molecule has 0 radical (unpaired) electrons. The number of fused-ring (bicyclic) bond motifs is 3. The molecule has 0 unspecified atom stereocenters. The van der Waals surface area contributed by atoms with E-state index in [1.54, 1.807) is 6.07 Å². The van der Waals surface area contributed by atoms with E-state index >= 15 is 0 Å². The summed E-state index contributed by atoms with van der Waals surface area (Å²) in [5.41, 5.74) is 6.26. The van der Waals surface area contributed by atoms with Crippen LogP contribution in [0.3, 0.4) is 0 Å². The molecule has 7 nitrogen and oxygen atoms in total. The lowest BCUT2D eigenvalue weighted by Crippen LogP contribution is -2.28. The maximum atomic E-state index is 12.5. The Labute approximate surface area is 180 Å². The number of rotatable bonds is 3. The van der Waals surface area contributed by atoms with Crippen LogP contribution >= 0.6 is 12.4 Å². The molecule has 3 aromatic heterocycles. The number of benzene rings is 1. The van der Waals surface area contributed by atoms with Crippen molar-refractivity contribution in [3.63, 3.8) is 0 Å². The number of aryl methyl sites for hydroxylation is 2. The van der Waals surface area contributed by atoms with Crippen LogP contribution in [0.4, 0.5) is 11.4 Å². The van der Waals surface area contributed by atoms with Crippen LogP contribution in [-0.4, -0.2) is 32.7 Å². The predicted octanol–water partition coefficient (Wildman–Crippen LogP) is 3.82. The minimum atomic E-state index is -0.0872. The van der Waals surface area contributed by atoms with E-state index in [4.69, 9.17) is 5.10 Å². The number of halogens is 1. The number of piperidine rings is 1. The van der Waals surface area contributed by atoms with Crippen LogP contribution in [0.5, 0.6) is 0 Å². The highest BCUT2D eigenvalue weighted by Gasteiger charge is 2.21. The van der Waals surface area contributed by atoms with Crippen LogP contribution in [0.15, 0.2) is 41.2 Å². The van der Waals surface area contributed by atoms with E-state index in [1.807, 2.05) is 48.7 Å². The first-order chi connectivity index (χ1) is 14.1. The zero-order valence-corrected chi connectivity index (χ0v) is 17.8. The largest absolute Gasteiger partial charge is 0.353 e. The molecule has 5 rings (SSSR count). The number of aromatic amines is 1. The fourth-order valence-electron chi connectivity index (χ4n) is 4.26. The lowest BCUT2D eigenvalue weighted by molar-refractivity contribution is 0.446. The monoisotopic (exact) mass is 424 g/mol. The Morgan fingerprint density at radius 2 is 1.90 bits per heavy atom. The Bertz CT molecular complexity index is 1270. The zero-order chi connectivity index (χ0) is 20.0. The highest BCUT2D eigenvalue weighted by Crippen LogP contribution is 2.32. The van der Waals surface area contributed by atoms with Gasteiger partial charge >= 0.3 is 0 Å². The topological polar surface area (TPSA) is 87.1 Å². The van der Waals surface area contributed by atoms with Crippen molar-refractivity contribution in [1.82, 2.24) is 24.9 Å². The fraction of sp³-hybridized carbons (Fsp3) is 0.318. The van der Waals surface area contributed by atoms with Gasteiger partial charge in [-0.15, -0.1) is 12.4 Å². The van der Waals surface area contributed by atoms with Crippen molar-refractivity contribution < 1.29 is 0 Å². The number of hydrogen-bond acceptors (Lipinski definition) is 5. The van der Waals surface area contributed by atoms with Crippen LogP contribution in [0, 0.1) is 13.8 Å². The van der Waals surface area contributed by atoms with Gasteiger partial charge in [0.1, 0.15) is 5.65 Å². The van der Waals surface area contributed by atoms with Gasteiger partial charge in [0.15, 0.2) is 0 Å². The quantitative estimate of drug-likeness (QED) is 0.465. The number of aromatic nitrogens is 4. The Morgan fingerprint density at radius 1 is 1.10 bits per heavy atom. The third-order valence-electron chi connectivity index (χ3n) is 5.72. The molecule has 8 heteroatoms. The third kappa shape index (κ3) is 3.55. The molecule has 0 saturated carbocycles. The van der Waals surface area contributed by atoms with E-state index < -0.39 is 0 Å². The molecule has 1 fully saturated rings. The van der Waals surface area contributed by atoms with E-state index in [1.165, 1.54) is 0 Å². The Hall–Kier alpha value is -2.90. The molecule has 0 amide bonds. The second kappa shape index (κ2) is 8.08. The smallest absolute Gasteiger partial charge is 0.251 e. The molecule has 1 aromatic carbocycles. The summed E-state index contributed by atoms with van der Waals surface area (Å²) in [7, 11) is 0. The summed E-state index contributed by atoms with van der Waals surface area (Å²) in [4.78, 5) is 20.1. The van der Waals surface area contributed by atoms with Crippen LogP contribution in [-0.2, 0) is 0 Å². The summed E-state index contributed by atoms with van der Waals surface area (Å²) in [6.07, 6.45) is 2.02. The third-order valence-corrected chi connectivity index (χ3v) is 5.72. The molecule has 1 aliphatic rings. The Balaban J connectivity index is 0.00000218. The molecule has 30 heavy (non-hydrogen) atoms. The van der Waals surface area contributed by atoms with E-state index in [2.05, 4.69) is 20.6 Å². The van der Waals surface area contributed by atoms with Gasteiger partial charge in [-0.3, -0.25) is 9.78 Å². The minimum Gasteiger partial charge on any atom is -0.353 e. The molecular weight excluding hydrogens is 400 g/mol. The molecule has 0 atom stereocenters. The number of pyridine rings is 1. The molecule has 3 N–H and O–H groups in total. The Kier molecular flexibility index (Phi) is 5.49. The molecule has 4 aromatic rings. The molecule has 0 spiro atoms. The van der Waals surface area contributed by atoms with Gasteiger partial charge in [-0.25, -0.2) is 4.52 Å². The first kappa shape index (κ1) is 20.4. The van der Waals surface area contributed by atoms with Crippen molar-refractivity contribution in [3.05, 3.63) is 63.8 Å². The van der Waals surface area contributed by atoms with Crippen molar-refractivity contribution in [1.29, 1.82) is 0 Å².